The summed E-state index contributed by atoms with van der Waals surface area (Å²) < 4.78 is 24.4. The van der Waals surface area contributed by atoms with E-state index in [1.165, 1.54) is 0 Å². The number of nitrogens with one attached hydrogen (secondary N) is 1. The lowest BCUT2D eigenvalue weighted by Gasteiger charge is -2.44. The van der Waals surface area contributed by atoms with E-state index < -0.39 is 14.6 Å². The smallest absolute Gasteiger partial charge is 0.189 e. The molecule has 0 aromatic heterocycles. The Labute approximate surface area is 99.7 Å². The molecule has 1 heterocycles. The second-order valence-corrected chi connectivity index (χ2v) is 7.20. The number of halogens is 1. The van der Waals surface area contributed by atoms with Gasteiger partial charge in [0.25, 0.3) is 0 Å². The molecule has 86 valence electrons. The van der Waals surface area contributed by atoms with Gasteiger partial charge in [0, 0.05) is 6.54 Å². The first-order valence-electron chi connectivity index (χ1n) is 5.34. The third-order valence-corrected chi connectivity index (χ3v) is 6.77. The first-order chi connectivity index (χ1) is 7.57. The third-order valence-electron chi connectivity index (χ3n) is 3.67. The Hall–Kier alpha value is -0.740. The fourth-order valence-electron chi connectivity index (χ4n) is 2.51. The van der Waals surface area contributed by atoms with Crippen molar-refractivity contribution in [1.82, 2.24) is 0 Å². The zero-order valence-corrected chi connectivity index (χ0v) is 10.2. The van der Waals surface area contributed by atoms with Crippen LogP contribution >= 0.6 is 11.6 Å². The molecule has 0 bridgehead atoms. The van der Waals surface area contributed by atoms with Crippen LogP contribution in [-0.4, -0.2) is 19.7 Å². The molecule has 0 amide bonds. The van der Waals surface area contributed by atoms with E-state index in [1.54, 1.807) is 18.2 Å². The minimum absolute atomic E-state index is 0.294. The lowest BCUT2D eigenvalue weighted by atomic mass is 9.84. The van der Waals surface area contributed by atoms with Gasteiger partial charge in [0.15, 0.2) is 9.84 Å². The van der Waals surface area contributed by atoms with Crippen LogP contribution in [0.4, 0.5) is 5.69 Å². The Bertz CT molecular complexity index is 549. The van der Waals surface area contributed by atoms with Crippen LogP contribution in [0.1, 0.15) is 19.3 Å². The Morgan fingerprint density at radius 1 is 1.31 bits per heavy atom. The molecular weight excluding hydrogens is 246 g/mol. The van der Waals surface area contributed by atoms with E-state index in [0.717, 1.165) is 19.3 Å². The van der Waals surface area contributed by atoms with Crippen molar-refractivity contribution in [1.29, 1.82) is 0 Å². The topological polar surface area (TPSA) is 46.2 Å². The van der Waals surface area contributed by atoms with Gasteiger partial charge in [-0.2, -0.15) is 0 Å². The molecule has 1 aromatic rings. The molecule has 0 saturated heterocycles. The van der Waals surface area contributed by atoms with E-state index >= 15 is 0 Å². The van der Waals surface area contributed by atoms with E-state index in [9.17, 15) is 8.42 Å². The quantitative estimate of drug-likeness (QED) is 0.777. The van der Waals surface area contributed by atoms with E-state index in [2.05, 4.69) is 5.32 Å². The summed E-state index contributed by atoms with van der Waals surface area (Å²) >= 11 is 6.02. The Morgan fingerprint density at radius 3 is 2.69 bits per heavy atom. The maximum absolute atomic E-state index is 12.5. The van der Waals surface area contributed by atoms with Crippen LogP contribution in [-0.2, 0) is 9.84 Å². The number of fused-ring (bicyclic) bond motifs is 1. The van der Waals surface area contributed by atoms with E-state index in [-0.39, 0.29) is 0 Å². The molecule has 16 heavy (non-hydrogen) atoms. The molecule has 0 atom stereocenters. The fraction of sp³-hybridized carbons (Fsp3) is 0.455. The average Bonchev–Trinajstić information content (AvgIpc) is 2.14. The zero-order valence-electron chi connectivity index (χ0n) is 8.66. The molecule has 3 nitrogen and oxygen atoms in total. The molecule has 1 spiro atoms. The second kappa shape index (κ2) is 3.14. The van der Waals surface area contributed by atoms with Gasteiger partial charge in [-0.1, -0.05) is 24.1 Å². The van der Waals surface area contributed by atoms with Crippen LogP contribution in [0.25, 0.3) is 0 Å². The van der Waals surface area contributed by atoms with Gasteiger partial charge in [0.1, 0.15) is 4.90 Å². The monoisotopic (exact) mass is 257 g/mol. The van der Waals surface area contributed by atoms with Crippen molar-refractivity contribution in [3.63, 3.8) is 0 Å². The molecule has 1 saturated carbocycles. The lowest BCUT2D eigenvalue weighted by molar-refractivity contribution is 0.347. The van der Waals surface area contributed by atoms with Crippen molar-refractivity contribution in [2.45, 2.75) is 28.9 Å². The number of sulfone groups is 1. The van der Waals surface area contributed by atoms with Gasteiger partial charge in [-0.05, 0) is 25.0 Å². The summed E-state index contributed by atoms with van der Waals surface area (Å²) in [5.74, 6) is 0. The van der Waals surface area contributed by atoms with E-state index in [1.807, 2.05) is 0 Å². The number of hydrogen-bond acceptors (Lipinski definition) is 3. The molecule has 1 fully saturated rings. The van der Waals surface area contributed by atoms with Crippen molar-refractivity contribution < 1.29 is 8.42 Å². The predicted octanol–water partition coefficient (Wildman–Crippen LogP) is 2.46. The summed E-state index contributed by atoms with van der Waals surface area (Å²) in [4.78, 5) is 0.294. The van der Waals surface area contributed by atoms with Gasteiger partial charge in [-0.25, -0.2) is 8.42 Å². The van der Waals surface area contributed by atoms with Gasteiger partial charge in [-0.15, -0.1) is 0 Å². The molecule has 0 unspecified atom stereocenters. The van der Waals surface area contributed by atoms with Crippen LogP contribution in [0.3, 0.4) is 0 Å². The molecule has 1 N–H and O–H groups in total. The first-order valence-corrected chi connectivity index (χ1v) is 7.20. The van der Waals surface area contributed by atoms with E-state index in [4.69, 9.17) is 11.6 Å². The van der Waals surface area contributed by atoms with Crippen LogP contribution < -0.4 is 5.32 Å². The van der Waals surface area contributed by atoms with E-state index in [0.29, 0.717) is 22.2 Å². The maximum Gasteiger partial charge on any atom is 0.189 e. The van der Waals surface area contributed by atoms with Gasteiger partial charge >= 0.3 is 0 Å². The summed E-state index contributed by atoms with van der Waals surface area (Å²) in [6.45, 7) is 0.517. The molecule has 0 radical (unpaired) electrons. The van der Waals surface area contributed by atoms with Crippen LogP contribution in [0, 0.1) is 0 Å². The summed E-state index contributed by atoms with van der Waals surface area (Å²) in [7, 11) is -3.27. The normalized spacial score (nSPS) is 24.3. The molecule has 1 aliphatic carbocycles. The Balaban J connectivity index is 2.26. The predicted molar refractivity (Wildman–Crippen MR) is 63.7 cm³/mol. The molecule has 1 aromatic carbocycles. The number of anilines is 1. The zero-order chi connectivity index (χ0) is 11.4. The lowest BCUT2D eigenvalue weighted by Crippen LogP contribution is -2.53. The largest absolute Gasteiger partial charge is 0.382 e. The Morgan fingerprint density at radius 2 is 2.06 bits per heavy atom. The van der Waals surface area contributed by atoms with Crippen molar-refractivity contribution >= 4 is 27.1 Å². The number of benzene rings is 1. The maximum atomic E-state index is 12.5. The number of hydrogen-bond donors (Lipinski definition) is 1. The van der Waals surface area contributed by atoms with Crippen molar-refractivity contribution in [2.24, 2.45) is 0 Å². The Kier molecular flexibility index (Phi) is 2.04. The third kappa shape index (κ3) is 1.12. The standard InChI is InChI=1S/C11H12ClNO2S/c12-8-3-1-4-9-10(8)16(14,15)11(7-13-9)5-2-6-11/h1,3-4,13H,2,5-7H2. The number of rotatable bonds is 0. The highest BCUT2D eigenvalue weighted by atomic mass is 35.5. The minimum Gasteiger partial charge on any atom is -0.382 e. The fourth-order valence-corrected chi connectivity index (χ4v) is 5.26. The molecular formula is C11H12ClNO2S. The highest BCUT2D eigenvalue weighted by Crippen LogP contribution is 2.49. The van der Waals surface area contributed by atoms with Gasteiger partial charge < -0.3 is 5.32 Å². The van der Waals surface area contributed by atoms with Crippen LogP contribution in [0.2, 0.25) is 5.02 Å². The SMILES string of the molecule is O=S1(=O)c2c(Cl)cccc2NCC12CCC2. The molecule has 2 aliphatic rings. The minimum atomic E-state index is -3.27. The van der Waals surface area contributed by atoms with Crippen LogP contribution in [0.5, 0.6) is 0 Å². The molecule has 1 aliphatic heterocycles. The van der Waals surface area contributed by atoms with Gasteiger partial charge in [0.05, 0.1) is 15.5 Å². The second-order valence-electron chi connectivity index (χ2n) is 4.51. The van der Waals surface area contributed by atoms with Gasteiger partial charge in [0.2, 0.25) is 0 Å². The summed E-state index contributed by atoms with van der Waals surface area (Å²) in [5.41, 5.74) is 0.644. The molecule has 3 rings (SSSR count). The highest BCUT2D eigenvalue weighted by Gasteiger charge is 2.53. The van der Waals surface area contributed by atoms with Crippen molar-refractivity contribution in [3.8, 4) is 0 Å². The summed E-state index contributed by atoms with van der Waals surface area (Å²) in [6.07, 6.45) is 2.47. The highest BCUT2D eigenvalue weighted by molar-refractivity contribution is 7.93. The average molecular weight is 258 g/mol. The van der Waals surface area contributed by atoms with Gasteiger partial charge in [-0.3, -0.25) is 0 Å². The van der Waals surface area contributed by atoms with Crippen LogP contribution in [0.15, 0.2) is 23.1 Å². The van der Waals surface area contributed by atoms with Crippen molar-refractivity contribution in [3.05, 3.63) is 23.2 Å². The summed E-state index contributed by atoms with van der Waals surface area (Å²) in [6, 6.07) is 5.17. The summed E-state index contributed by atoms with van der Waals surface area (Å²) in [5, 5.41) is 3.52. The first kappa shape index (κ1) is 10.4. The van der Waals surface area contributed by atoms with Crippen molar-refractivity contribution in [2.75, 3.05) is 11.9 Å². The molecule has 5 heteroatoms.